The highest BCUT2D eigenvalue weighted by Crippen LogP contribution is 2.47. The van der Waals surface area contributed by atoms with Gasteiger partial charge in [0.15, 0.2) is 0 Å². The summed E-state index contributed by atoms with van der Waals surface area (Å²) >= 11 is 0. The van der Waals surface area contributed by atoms with Crippen LogP contribution in [0, 0.1) is 0 Å². The van der Waals surface area contributed by atoms with Gasteiger partial charge in [0.2, 0.25) is 0 Å². The summed E-state index contributed by atoms with van der Waals surface area (Å²) in [6.07, 6.45) is -10.7. The first-order valence-electron chi connectivity index (χ1n) is 6.88. The molecule has 3 heterocycles. The molecule has 0 spiro atoms. The zero-order valence-corrected chi connectivity index (χ0v) is 12.7. The number of primary amides is 1. The molecule has 13 heteroatoms. The molecule has 0 bridgehead atoms. The van der Waals surface area contributed by atoms with Crippen LogP contribution in [0.25, 0.3) is 16.7 Å². The van der Waals surface area contributed by atoms with Gasteiger partial charge in [-0.3, -0.25) is 9.20 Å². The van der Waals surface area contributed by atoms with E-state index in [1.807, 2.05) is 0 Å². The second kappa shape index (κ2) is 5.50. The highest BCUT2D eigenvalue weighted by Gasteiger charge is 2.60. The minimum atomic E-state index is -6.15. The predicted molar refractivity (Wildman–Crippen MR) is 74.0 cm³/mol. The minimum Gasteiger partial charge on any atom is -0.364 e. The molecule has 0 fully saturated rings. The molecular weight excluding hydrogens is 392 g/mol. The Morgan fingerprint density at radius 1 is 1.00 bits per heavy atom. The molecule has 0 saturated carbocycles. The van der Waals surface area contributed by atoms with Crippen molar-refractivity contribution in [1.82, 2.24) is 14.4 Å². The standard InChI is InChI=1S/C14H6F8N4O/c15-12(16,14(20,21)22)6-3-8(13(17,18)19)25-11-5(6)1-2-9-24-7(10(23)27)4-26(9)11/h1-4H,(H2,23,27). The molecule has 0 aromatic carbocycles. The molecule has 0 atom stereocenters. The summed E-state index contributed by atoms with van der Waals surface area (Å²) in [5.74, 6) is -6.67. The maximum atomic E-state index is 13.9. The molecule has 0 unspecified atom stereocenters. The van der Waals surface area contributed by atoms with Crippen molar-refractivity contribution in [3.63, 3.8) is 0 Å². The van der Waals surface area contributed by atoms with E-state index in [0.29, 0.717) is 10.5 Å². The van der Waals surface area contributed by atoms with Crippen molar-refractivity contribution in [2.45, 2.75) is 18.3 Å². The van der Waals surface area contributed by atoms with Crippen molar-refractivity contribution in [1.29, 1.82) is 0 Å². The van der Waals surface area contributed by atoms with Crippen molar-refractivity contribution in [2.24, 2.45) is 5.73 Å². The monoisotopic (exact) mass is 398 g/mol. The fraction of sp³-hybridized carbons (Fsp3) is 0.214. The van der Waals surface area contributed by atoms with E-state index in [4.69, 9.17) is 5.73 Å². The summed E-state index contributed by atoms with van der Waals surface area (Å²) in [4.78, 5) is 18.0. The number of imidazole rings is 1. The number of carbonyl (C=O) groups excluding carboxylic acids is 1. The van der Waals surface area contributed by atoms with Crippen LogP contribution in [0.3, 0.4) is 0 Å². The molecule has 0 aliphatic rings. The van der Waals surface area contributed by atoms with Gasteiger partial charge in [0.05, 0.1) is 0 Å². The summed E-state index contributed by atoms with van der Waals surface area (Å²) in [5, 5.41) is -0.897. The molecule has 27 heavy (non-hydrogen) atoms. The lowest BCUT2D eigenvalue weighted by atomic mass is 10.0. The lowest BCUT2D eigenvalue weighted by molar-refractivity contribution is -0.288. The van der Waals surface area contributed by atoms with Crippen LogP contribution in [0.5, 0.6) is 0 Å². The van der Waals surface area contributed by atoms with E-state index in [1.54, 1.807) is 0 Å². The molecule has 3 rings (SSSR count). The first-order valence-corrected chi connectivity index (χ1v) is 6.88. The van der Waals surface area contributed by atoms with Crippen LogP contribution in [0.2, 0.25) is 0 Å². The Morgan fingerprint density at radius 3 is 2.15 bits per heavy atom. The molecule has 0 radical (unpaired) electrons. The van der Waals surface area contributed by atoms with Crippen LogP contribution in [-0.4, -0.2) is 26.5 Å². The van der Waals surface area contributed by atoms with Gasteiger partial charge in [-0.2, -0.15) is 35.1 Å². The van der Waals surface area contributed by atoms with E-state index in [0.717, 1.165) is 12.3 Å². The van der Waals surface area contributed by atoms with E-state index in [-0.39, 0.29) is 11.7 Å². The fourth-order valence-corrected chi connectivity index (χ4v) is 2.41. The summed E-state index contributed by atoms with van der Waals surface area (Å²) in [6, 6.07) is 1.30. The molecular formula is C14H6F8N4O. The maximum absolute atomic E-state index is 13.9. The SMILES string of the molecule is NC(=O)c1cn2c(ccc3c(C(F)(F)C(F)(F)F)cc(C(F)(F)F)nc32)n1. The molecule has 2 N–H and O–H groups in total. The average molecular weight is 398 g/mol. The summed E-state index contributed by atoms with van der Waals surface area (Å²) in [7, 11) is 0. The highest BCUT2D eigenvalue weighted by molar-refractivity contribution is 5.92. The number of alkyl halides is 8. The molecule has 0 aliphatic heterocycles. The van der Waals surface area contributed by atoms with Crippen LogP contribution >= 0.6 is 0 Å². The molecule has 1 amide bonds. The van der Waals surface area contributed by atoms with Gasteiger partial charge in [0.1, 0.15) is 22.7 Å². The molecule has 0 aliphatic carbocycles. The second-order valence-corrected chi connectivity index (χ2v) is 5.41. The van der Waals surface area contributed by atoms with Crippen LogP contribution < -0.4 is 5.73 Å². The number of aromatic nitrogens is 3. The van der Waals surface area contributed by atoms with Gasteiger partial charge in [-0.05, 0) is 18.2 Å². The fourth-order valence-electron chi connectivity index (χ4n) is 2.41. The lowest BCUT2D eigenvalue weighted by Crippen LogP contribution is -2.34. The number of rotatable bonds is 2. The molecule has 0 saturated heterocycles. The second-order valence-electron chi connectivity index (χ2n) is 5.41. The number of nitrogens with zero attached hydrogens (tertiary/aromatic N) is 3. The van der Waals surface area contributed by atoms with Gasteiger partial charge in [-0.25, -0.2) is 9.97 Å². The predicted octanol–water partition coefficient (Wildman–Crippen LogP) is 3.65. The summed E-state index contributed by atoms with van der Waals surface area (Å²) in [5.41, 5.74) is -0.441. The number of amides is 1. The topological polar surface area (TPSA) is 73.3 Å². The molecule has 3 aromatic rings. The Labute approximate surface area is 143 Å². The first-order chi connectivity index (χ1) is 12.2. The van der Waals surface area contributed by atoms with Crippen molar-refractivity contribution in [2.75, 3.05) is 0 Å². The Hall–Kier alpha value is -2.99. The number of pyridine rings is 2. The normalized spacial score (nSPS) is 13.5. The summed E-state index contributed by atoms with van der Waals surface area (Å²) < 4.78 is 106. The number of hydrogen-bond donors (Lipinski definition) is 1. The number of hydrogen-bond acceptors (Lipinski definition) is 3. The molecule has 5 nitrogen and oxygen atoms in total. The molecule has 3 aromatic heterocycles. The third-order valence-electron chi connectivity index (χ3n) is 3.64. The zero-order chi connectivity index (χ0) is 20.4. The Kier molecular flexibility index (Phi) is 3.83. The van der Waals surface area contributed by atoms with Crippen LogP contribution in [0.1, 0.15) is 21.7 Å². The number of fused-ring (bicyclic) bond motifs is 3. The first kappa shape index (κ1) is 18.8. The Bertz CT molecular complexity index is 1070. The summed E-state index contributed by atoms with van der Waals surface area (Å²) in [6.45, 7) is 0. The average Bonchev–Trinajstić information content (AvgIpc) is 2.96. The van der Waals surface area contributed by atoms with Gasteiger partial charge in [-0.1, -0.05) is 0 Å². The number of carbonyl (C=O) groups is 1. The van der Waals surface area contributed by atoms with Crippen molar-refractivity contribution in [3.8, 4) is 0 Å². The highest BCUT2D eigenvalue weighted by atomic mass is 19.4. The maximum Gasteiger partial charge on any atom is 0.458 e. The van der Waals surface area contributed by atoms with Crippen molar-refractivity contribution in [3.05, 3.63) is 41.3 Å². The van der Waals surface area contributed by atoms with Gasteiger partial charge in [-0.15, -0.1) is 0 Å². The van der Waals surface area contributed by atoms with Crippen LogP contribution in [0.15, 0.2) is 24.4 Å². The van der Waals surface area contributed by atoms with E-state index in [9.17, 15) is 39.9 Å². The van der Waals surface area contributed by atoms with E-state index < -0.39 is 52.2 Å². The van der Waals surface area contributed by atoms with Crippen molar-refractivity contribution >= 4 is 22.6 Å². The van der Waals surface area contributed by atoms with E-state index >= 15 is 0 Å². The van der Waals surface area contributed by atoms with E-state index in [1.165, 1.54) is 0 Å². The lowest BCUT2D eigenvalue weighted by Gasteiger charge is -2.22. The van der Waals surface area contributed by atoms with Crippen molar-refractivity contribution < 1.29 is 39.9 Å². The Balaban J connectivity index is 2.48. The number of nitrogens with two attached hydrogens (primary N) is 1. The van der Waals surface area contributed by atoms with Gasteiger partial charge in [0.25, 0.3) is 5.91 Å². The van der Waals surface area contributed by atoms with Crippen LogP contribution in [-0.2, 0) is 12.1 Å². The van der Waals surface area contributed by atoms with Crippen LogP contribution in [0.4, 0.5) is 35.1 Å². The quantitative estimate of drug-likeness (QED) is 0.670. The minimum absolute atomic E-state index is 0.218. The zero-order valence-electron chi connectivity index (χ0n) is 12.7. The van der Waals surface area contributed by atoms with Gasteiger partial charge in [0, 0.05) is 17.1 Å². The van der Waals surface area contributed by atoms with E-state index in [2.05, 4.69) is 9.97 Å². The third kappa shape index (κ3) is 2.92. The third-order valence-corrected chi connectivity index (χ3v) is 3.64. The molecule has 144 valence electrons. The largest absolute Gasteiger partial charge is 0.458 e. The smallest absolute Gasteiger partial charge is 0.364 e. The number of halogens is 8. The van der Waals surface area contributed by atoms with Gasteiger partial charge >= 0.3 is 18.3 Å². The Morgan fingerprint density at radius 2 is 1.63 bits per heavy atom. The van der Waals surface area contributed by atoms with Gasteiger partial charge < -0.3 is 5.73 Å².